The Morgan fingerprint density at radius 2 is 2.00 bits per heavy atom. The van der Waals surface area contributed by atoms with Crippen molar-refractivity contribution in [3.8, 4) is 6.07 Å². The molecule has 0 saturated heterocycles. The van der Waals surface area contributed by atoms with Gasteiger partial charge in [-0.25, -0.2) is 4.98 Å². The summed E-state index contributed by atoms with van der Waals surface area (Å²) < 4.78 is 0. The maximum absolute atomic E-state index is 8.91. The van der Waals surface area contributed by atoms with Gasteiger partial charge in [-0.3, -0.25) is 0 Å². The number of hydrogen-bond donors (Lipinski definition) is 1. The summed E-state index contributed by atoms with van der Waals surface area (Å²) in [6, 6.07) is 11.8. The van der Waals surface area contributed by atoms with Crippen LogP contribution in [0.15, 0.2) is 40.3 Å². The van der Waals surface area contributed by atoms with Crippen LogP contribution in [0.25, 0.3) is 0 Å². The van der Waals surface area contributed by atoms with Gasteiger partial charge < -0.3 is 5.73 Å². The van der Waals surface area contributed by atoms with E-state index in [1.165, 1.54) is 11.1 Å². The highest BCUT2D eigenvalue weighted by Crippen LogP contribution is 2.30. The average molecular weight is 255 g/mol. The SMILES string of the molecule is Cc1ccc(C)c(Sc2ccc(N)c(C#N)n2)c1. The lowest BCUT2D eigenvalue weighted by molar-refractivity contribution is 1.10. The fourth-order valence-corrected chi connectivity index (χ4v) is 2.50. The van der Waals surface area contributed by atoms with Crippen molar-refractivity contribution in [2.24, 2.45) is 0 Å². The summed E-state index contributed by atoms with van der Waals surface area (Å²) in [7, 11) is 0. The number of hydrogen-bond acceptors (Lipinski definition) is 4. The lowest BCUT2D eigenvalue weighted by Crippen LogP contribution is -1.94. The molecule has 90 valence electrons. The highest BCUT2D eigenvalue weighted by Gasteiger charge is 2.06. The molecule has 0 radical (unpaired) electrons. The highest BCUT2D eigenvalue weighted by atomic mass is 32.2. The third kappa shape index (κ3) is 2.63. The molecule has 0 unspecified atom stereocenters. The molecule has 18 heavy (non-hydrogen) atoms. The van der Waals surface area contributed by atoms with Crippen LogP contribution in [0.1, 0.15) is 16.8 Å². The number of benzene rings is 1. The normalized spacial score (nSPS) is 10.1. The van der Waals surface area contributed by atoms with Gasteiger partial charge in [0, 0.05) is 4.90 Å². The Kier molecular flexibility index (Phi) is 3.54. The highest BCUT2D eigenvalue weighted by molar-refractivity contribution is 7.99. The topological polar surface area (TPSA) is 62.7 Å². The van der Waals surface area contributed by atoms with E-state index >= 15 is 0 Å². The molecule has 0 amide bonds. The maximum atomic E-state index is 8.91. The number of nitrogens with two attached hydrogens (primary N) is 1. The Balaban J connectivity index is 2.34. The summed E-state index contributed by atoms with van der Waals surface area (Å²) in [5.74, 6) is 0. The van der Waals surface area contributed by atoms with Gasteiger partial charge in [0.05, 0.1) is 5.69 Å². The number of aryl methyl sites for hydroxylation is 2. The van der Waals surface area contributed by atoms with Gasteiger partial charge in [-0.05, 0) is 43.2 Å². The second-order valence-electron chi connectivity index (χ2n) is 4.07. The third-order valence-electron chi connectivity index (χ3n) is 2.56. The smallest absolute Gasteiger partial charge is 0.164 e. The predicted octanol–water partition coefficient (Wildman–Crippen LogP) is 3.30. The Hall–Kier alpha value is -1.99. The van der Waals surface area contributed by atoms with Crippen molar-refractivity contribution in [1.29, 1.82) is 5.26 Å². The van der Waals surface area contributed by atoms with Crippen LogP contribution in [0, 0.1) is 25.2 Å². The fourth-order valence-electron chi connectivity index (χ4n) is 1.53. The first-order chi connectivity index (χ1) is 8.60. The molecule has 1 heterocycles. The zero-order valence-electron chi connectivity index (χ0n) is 10.3. The second-order valence-corrected chi connectivity index (χ2v) is 5.13. The van der Waals surface area contributed by atoms with E-state index in [0.29, 0.717) is 5.69 Å². The van der Waals surface area contributed by atoms with E-state index in [4.69, 9.17) is 11.0 Å². The number of nitrogens with zero attached hydrogens (tertiary/aromatic N) is 2. The van der Waals surface area contributed by atoms with E-state index in [0.717, 1.165) is 9.92 Å². The molecule has 0 fully saturated rings. The zero-order valence-corrected chi connectivity index (χ0v) is 11.1. The second kappa shape index (κ2) is 5.11. The molecule has 0 aliphatic rings. The summed E-state index contributed by atoms with van der Waals surface area (Å²) >= 11 is 1.55. The Bertz CT molecular complexity index is 629. The zero-order chi connectivity index (χ0) is 13.1. The van der Waals surface area contributed by atoms with E-state index < -0.39 is 0 Å². The molecule has 2 aromatic rings. The molecule has 4 heteroatoms. The molecule has 1 aromatic heterocycles. The van der Waals surface area contributed by atoms with E-state index in [1.807, 2.05) is 12.1 Å². The van der Waals surface area contributed by atoms with Crippen molar-refractivity contribution in [3.05, 3.63) is 47.2 Å². The van der Waals surface area contributed by atoms with Crippen LogP contribution in [0.3, 0.4) is 0 Å². The quantitative estimate of drug-likeness (QED) is 0.894. The number of nitrogen functional groups attached to an aromatic ring is 1. The molecular formula is C14H13N3S. The van der Waals surface area contributed by atoms with Crippen molar-refractivity contribution in [2.75, 3.05) is 5.73 Å². The van der Waals surface area contributed by atoms with E-state index in [1.54, 1.807) is 17.8 Å². The van der Waals surface area contributed by atoms with E-state index in [2.05, 4.69) is 37.0 Å². The lowest BCUT2D eigenvalue weighted by Gasteiger charge is -2.07. The molecule has 0 atom stereocenters. The number of aromatic nitrogens is 1. The van der Waals surface area contributed by atoms with Crippen molar-refractivity contribution < 1.29 is 0 Å². The van der Waals surface area contributed by atoms with Gasteiger partial charge in [0.1, 0.15) is 11.1 Å². The van der Waals surface area contributed by atoms with E-state index in [9.17, 15) is 0 Å². The summed E-state index contributed by atoms with van der Waals surface area (Å²) in [4.78, 5) is 5.38. The van der Waals surface area contributed by atoms with Crippen molar-refractivity contribution in [2.45, 2.75) is 23.8 Å². The predicted molar refractivity (Wildman–Crippen MR) is 73.4 cm³/mol. The van der Waals surface area contributed by atoms with Gasteiger partial charge in [0.25, 0.3) is 0 Å². The lowest BCUT2D eigenvalue weighted by atomic mass is 10.2. The Morgan fingerprint density at radius 3 is 2.72 bits per heavy atom. The van der Waals surface area contributed by atoms with Crippen molar-refractivity contribution in [3.63, 3.8) is 0 Å². The average Bonchev–Trinajstić information content (AvgIpc) is 2.36. The minimum Gasteiger partial charge on any atom is -0.396 e. The molecule has 1 aromatic carbocycles. The molecular weight excluding hydrogens is 242 g/mol. The summed E-state index contributed by atoms with van der Waals surface area (Å²) in [5, 5.41) is 9.69. The molecule has 0 aliphatic heterocycles. The molecule has 0 saturated carbocycles. The van der Waals surface area contributed by atoms with Crippen LogP contribution in [0.4, 0.5) is 5.69 Å². The first-order valence-corrected chi connectivity index (χ1v) is 6.33. The maximum Gasteiger partial charge on any atom is 0.164 e. The van der Waals surface area contributed by atoms with Crippen molar-refractivity contribution >= 4 is 17.4 Å². The van der Waals surface area contributed by atoms with Crippen LogP contribution in [-0.2, 0) is 0 Å². The van der Waals surface area contributed by atoms with Crippen LogP contribution in [-0.4, -0.2) is 4.98 Å². The molecule has 2 rings (SSSR count). The standard InChI is InChI=1S/C14H13N3S/c1-9-3-4-10(2)13(7-9)18-14-6-5-11(16)12(8-15)17-14/h3-7H,16H2,1-2H3. The van der Waals surface area contributed by atoms with Crippen LogP contribution in [0.2, 0.25) is 0 Å². The first-order valence-electron chi connectivity index (χ1n) is 5.52. The summed E-state index contributed by atoms with van der Waals surface area (Å²) in [5.41, 5.74) is 8.76. The molecule has 0 spiro atoms. The molecule has 2 N–H and O–H groups in total. The van der Waals surface area contributed by atoms with Gasteiger partial charge in [-0.1, -0.05) is 23.9 Å². The van der Waals surface area contributed by atoms with Gasteiger partial charge in [-0.15, -0.1) is 0 Å². The third-order valence-corrected chi connectivity index (χ3v) is 3.66. The number of anilines is 1. The largest absolute Gasteiger partial charge is 0.396 e. The Morgan fingerprint density at radius 1 is 1.22 bits per heavy atom. The van der Waals surface area contributed by atoms with Crippen molar-refractivity contribution in [1.82, 2.24) is 4.98 Å². The van der Waals surface area contributed by atoms with Crippen LogP contribution < -0.4 is 5.73 Å². The Labute approximate surface area is 111 Å². The summed E-state index contributed by atoms with van der Waals surface area (Å²) in [6.07, 6.45) is 0. The van der Waals surface area contributed by atoms with Crippen LogP contribution in [0.5, 0.6) is 0 Å². The monoisotopic (exact) mass is 255 g/mol. The number of pyridine rings is 1. The summed E-state index contributed by atoms with van der Waals surface area (Å²) in [6.45, 7) is 4.12. The first kappa shape index (κ1) is 12.5. The van der Waals surface area contributed by atoms with Gasteiger partial charge >= 0.3 is 0 Å². The minimum absolute atomic E-state index is 0.283. The molecule has 3 nitrogen and oxygen atoms in total. The van der Waals surface area contributed by atoms with Crippen LogP contribution >= 0.6 is 11.8 Å². The molecule has 0 bridgehead atoms. The number of nitriles is 1. The number of rotatable bonds is 2. The van der Waals surface area contributed by atoms with Gasteiger partial charge in [0.2, 0.25) is 0 Å². The van der Waals surface area contributed by atoms with E-state index in [-0.39, 0.29) is 5.69 Å². The minimum atomic E-state index is 0.283. The fraction of sp³-hybridized carbons (Fsp3) is 0.143. The van der Waals surface area contributed by atoms with Gasteiger partial charge in [-0.2, -0.15) is 5.26 Å². The molecule has 0 aliphatic carbocycles. The van der Waals surface area contributed by atoms with Gasteiger partial charge in [0.15, 0.2) is 5.69 Å².